The molecule has 0 atom stereocenters. The number of alkyl halides is 3. The average molecular weight is 180 g/mol. The molecule has 0 saturated heterocycles. The first-order chi connectivity index (χ1) is 5.56. The van der Waals surface area contributed by atoms with Gasteiger partial charge in [-0.1, -0.05) is 32.3 Å². The normalized spacial score (nSPS) is 12.7. The van der Waals surface area contributed by atoms with Crippen molar-refractivity contribution in [2.45, 2.75) is 45.2 Å². The van der Waals surface area contributed by atoms with Gasteiger partial charge in [-0.05, 0) is 12.8 Å². The molecule has 72 valence electrons. The third-order valence-corrected chi connectivity index (χ3v) is 1.53. The summed E-state index contributed by atoms with van der Waals surface area (Å²) in [6, 6.07) is 0. The molecule has 12 heavy (non-hydrogen) atoms. The Morgan fingerprint density at radius 1 is 1.08 bits per heavy atom. The van der Waals surface area contributed by atoms with Crippen LogP contribution in [-0.4, -0.2) is 6.18 Å². The van der Waals surface area contributed by atoms with Crippen LogP contribution in [0, 0.1) is 0 Å². The van der Waals surface area contributed by atoms with Crippen molar-refractivity contribution >= 4 is 0 Å². The van der Waals surface area contributed by atoms with Crippen LogP contribution in [0.2, 0.25) is 0 Å². The van der Waals surface area contributed by atoms with Crippen molar-refractivity contribution in [3.63, 3.8) is 0 Å². The van der Waals surface area contributed by atoms with E-state index in [1.165, 1.54) is 6.08 Å². The molecule has 0 bridgehead atoms. The summed E-state index contributed by atoms with van der Waals surface area (Å²) < 4.78 is 34.6. The van der Waals surface area contributed by atoms with Gasteiger partial charge in [0.25, 0.3) is 0 Å². The summed E-state index contributed by atoms with van der Waals surface area (Å²) in [4.78, 5) is 0. The van der Waals surface area contributed by atoms with Gasteiger partial charge >= 0.3 is 6.18 Å². The molecule has 0 aliphatic heterocycles. The van der Waals surface area contributed by atoms with Gasteiger partial charge < -0.3 is 0 Å². The summed E-state index contributed by atoms with van der Waals surface area (Å²) in [7, 11) is 0. The predicted molar refractivity (Wildman–Crippen MR) is 44.0 cm³/mol. The van der Waals surface area contributed by atoms with Gasteiger partial charge in [-0.25, -0.2) is 0 Å². The van der Waals surface area contributed by atoms with E-state index in [-0.39, 0.29) is 0 Å². The zero-order chi connectivity index (χ0) is 9.45. The second kappa shape index (κ2) is 6.09. The Balaban J connectivity index is 3.25. The van der Waals surface area contributed by atoms with E-state index in [4.69, 9.17) is 0 Å². The average Bonchev–Trinajstić information content (AvgIpc) is 1.94. The van der Waals surface area contributed by atoms with Gasteiger partial charge in [0.15, 0.2) is 0 Å². The fraction of sp³-hybridized carbons (Fsp3) is 0.778. The largest absolute Gasteiger partial charge is 0.409 e. The molecule has 0 amide bonds. The van der Waals surface area contributed by atoms with Crippen LogP contribution in [0.15, 0.2) is 12.2 Å². The molecular formula is C9H15F3. The summed E-state index contributed by atoms with van der Waals surface area (Å²) in [6.07, 6.45) is 2.04. The first-order valence-corrected chi connectivity index (χ1v) is 4.30. The third kappa shape index (κ3) is 9.53. The predicted octanol–water partition coefficient (Wildman–Crippen LogP) is 4.08. The van der Waals surface area contributed by atoms with Crippen molar-refractivity contribution < 1.29 is 13.2 Å². The van der Waals surface area contributed by atoms with Crippen LogP contribution in [0.4, 0.5) is 13.2 Å². The van der Waals surface area contributed by atoms with E-state index >= 15 is 0 Å². The van der Waals surface area contributed by atoms with Crippen LogP contribution in [0.3, 0.4) is 0 Å². The Morgan fingerprint density at radius 3 is 2.25 bits per heavy atom. The molecule has 0 rings (SSSR count). The maximum absolute atomic E-state index is 11.5. The molecule has 0 aliphatic rings. The van der Waals surface area contributed by atoms with E-state index in [9.17, 15) is 13.2 Å². The van der Waals surface area contributed by atoms with Gasteiger partial charge in [0.1, 0.15) is 0 Å². The lowest BCUT2D eigenvalue weighted by Crippen LogP contribution is -2.00. The minimum absolute atomic E-state index is 0.318. The maximum Gasteiger partial charge on any atom is 0.409 e. The lowest BCUT2D eigenvalue weighted by Gasteiger charge is -1.97. The highest BCUT2D eigenvalue weighted by molar-refractivity contribution is 4.88. The Bertz CT molecular complexity index is 124. The molecule has 0 fully saturated rings. The van der Waals surface area contributed by atoms with Crippen molar-refractivity contribution in [1.29, 1.82) is 0 Å². The Labute approximate surface area is 71.5 Å². The van der Waals surface area contributed by atoms with Gasteiger partial charge in [-0.15, -0.1) is 0 Å². The first kappa shape index (κ1) is 11.5. The van der Waals surface area contributed by atoms with Crippen LogP contribution >= 0.6 is 0 Å². The van der Waals surface area contributed by atoms with E-state index in [1.807, 2.05) is 0 Å². The summed E-state index contributed by atoms with van der Waals surface area (Å²) in [6.45, 7) is 2.07. The molecule has 0 heterocycles. The summed E-state index contributed by atoms with van der Waals surface area (Å²) in [5.74, 6) is 0. The van der Waals surface area contributed by atoms with E-state index in [0.717, 1.165) is 25.7 Å². The van der Waals surface area contributed by atoms with Gasteiger partial charge in [-0.2, -0.15) is 13.2 Å². The maximum atomic E-state index is 11.5. The number of hydrogen-bond acceptors (Lipinski definition) is 0. The van der Waals surface area contributed by atoms with Crippen molar-refractivity contribution in [3.05, 3.63) is 12.2 Å². The SMILES string of the molecule is CCCCCCC=CC(F)(F)F. The summed E-state index contributed by atoms with van der Waals surface area (Å²) >= 11 is 0. The topological polar surface area (TPSA) is 0 Å². The highest BCUT2D eigenvalue weighted by atomic mass is 19.4. The molecule has 0 aromatic heterocycles. The van der Waals surface area contributed by atoms with Gasteiger partial charge in [0.05, 0.1) is 0 Å². The van der Waals surface area contributed by atoms with Crippen molar-refractivity contribution in [2.24, 2.45) is 0 Å². The van der Waals surface area contributed by atoms with Crippen molar-refractivity contribution in [1.82, 2.24) is 0 Å². The smallest absolute Gasteiger partial charge is 0.167 e. The first-order valence-electron chi connectivity index (χ1n) is 4.30. The lowest BCUT2D eigenvalue weighted by molar-refractivity contribution is -0.0800. The highest BCUT2D eigenvalue weighted by Crippen LogP contribution is 2.16. The van der Waals surface area contributed by atoms with Crippen molar-refractivity contribution in [3.8, 4) is 0 Å². The second-order valence-electron chi connectivity index (χ2n) is 2.79. The lowest BCUT2D eigenvalue weighted by atomic mass is 10.1. The van der Waals surface area contributed by atoms with Gasteiger partial charge in [0, 0.05) is 6.08 Å². The number of halogens is 3. The highest BCUT2D eigenvalue weighted by Gasteiger charge is 2.21. The van der Waals surface area contributed by atoms with E-state index in [0.29, 0.717) is 12.5 Å². The number of unbranched alkanes of at least 4 members (excludes halogenated alkanes) is 4. The number of allylic oxidation sites excluding steroid dienone is 2. The molecule has 0 aromatic rings. The second-order valence-corrected chi connectivity index (χ2v) is 2.79. The van der Waals surface area contributed by atoms with E-state index in [1.54, 1.807) is 0 Å². The van der Waals surface area contributed by atoms with Crippen molar-refractivity contribution in [2.75, 3.05) is 0 Å². The van der Waals surface area contributed by atoms with Gasteiger partial charge in [-0.3, -0.25) is 0 Å². The Kier molecular flexibility index (Phi) is 5.85. The summed E-state index contributed by atoms with van der Waals surface area (Å²) in [5, 5.41) is 0. The monoisotopic (exact) mass is 180 g/mol. The molecule has 3 heteroatoms. The third-order valence-electron chi connectivity index (χ3n) is 1.53. The standard InChI is InChI=1S/C9H15F3/c1-2-3-4-5-6-7-8-9(10,11)12/h7-8H,2-6H2,1H3. The van der Waals surface area contributed by atoms with Crippen LogP contribution in [0.1, 0.15) is 39.0 Å². The number of hydrogen-bond donors (Lipinski definition) is 0. The zero-order valence-electron chi connectivity index (χ0n) is 7.32. The summed E-state index contributed by atoms with van der Waals surface area (Å²) in [5.41, 5.74) is 0. The van der Waals surface area contributed by atoms with Crippen LogP contribution in [0.5, 0.6) is 0 Å². The minimum atomic E-state index is -4.13. The molecule has 0 unspecified atom stereocenters. The fourth-order valence-electron chi connectivity index (χ4n) is 0.906. The van der Waals surface area contributed by atoms with Crippen LogP contribution in [-0.2, 0) is 0 Å². The Morgan fingerprint density at radius 2 is 1.75 bits per heavy atom. The Hall–Kier alpha value is -0.470. The van der Waals surface area contributed by atoms with E-state index < -0.39 is 6.18 Å². The van der Waals surface area contributed by atoms with E-state index in [2.05, 4.69) is 6.92 Å². The van der Waals surface area contributed by atoms with Gasteiger partial charge in [0.2, 0.25) is 0 Å². The molecule has 0 N–H and O–H groups in total. The minimum Gasteiger partial charge on any atom is -0.167 e. The molecule has 0 saturated carbocycles. The zero-order valence-corrected chi connectivity index (χ0v) is 7.32. The molecule has 0 aromatic carbocycles. The molecule has 0 nitrogen and oxygen atoms in total. The quantitative estimate of drug-likeness (QED) is 0.442. The molecule has 0 aliphatic carbocycles. The van der Waals surface area contributed by atoms with Crippen LogP contribution in [0.25, 0.3) is 0 Å². The molecule has 0 radical (unpaired) electrons. The number of rotatable bonds is 5. The molecular weight excluding hydrogens is 165 g/mol. The molecule has 0 spiro atoms. The fourth-order valence-corrected chi connectivity index (χ4v) is 0.906. The van der Waals surface area contributed by atoms with Crippen LogP contribution < -0.4 is 0 Å².